The fraction of sp³-hybridized carbons (Fsp3) is 1.00. The van der Waals surface area contributed by atoms with Crippen LogP contribution in [0.2, 0.25) is 0 Å². The van der Waals surface area contributed by atoms with Gasteiger partial charge in [0.1, 0.15) is 0 Å². The Balaban J connectivity index is 1.68. The van der Waals surface area contributed by atoms with Crippen molar-refractivity contribution in [1.82, 2.24) is 0 Å². The van der Waals surface area contributed by atoms with E-state index in [1.54, 1.807) is 25.7 Å². The lowest BCUT2D eigenvalue weighted by Gasteiger charge is -2.10. The van der Waals surface area contributed by atoms with Crippen LogP contribution in [0.15, 0.2) is 0 Å². The minimum absolute atomic E-state index is 0.881. The van der Waals surface area contributed by atoms with E-state index in [2.05, 4.69) is 13.8 Å². The molecule has 3 unspecified atom stereocenters. The van der Waals surface area contributed by atoms with Crippen molar-refractivity contribution in [3.8, 4) is 0 Å². The van der Waals surface area contributed by atoms with Crippen LogP contribution < -0.4 is 0 Å². The Morgan fingerprint density at radius 2 is 2.00 bits per heavy atom. The van der Waals surface area contributed by atoms with Gasteiger partial charge in [-0.2, -0.15) is 0 Å². The Kier molecular flexibility index (Phi) is 3.19. The molecule has 0 aromatic rings. The Labute approximate surface area is 89.5 Å². The van der Waals surface area contributed by atoms with Crippen molar-refractivity contribution in [3.63, 3.8) is 0 Å². The molecule has 0 aromatic heterocycles. The van der Waals surface area contributed by atoms with Crippen LogP contribution in [0.4, 0.5) is 0 Å². The molecule has 0 aromatic carbocycles. The van der Waals surface area contributed by atoms with E-state index in [0.29, 0.717) is 0 Å². The normalized spacial score (nSPS) is 40.7. The maximum absolute atomic E-state index is 2.38. The monoisotopic (exact) mass is 194 g/mol. The second kappa shape index (κ2) is 4.24. The molecule has 0 radical (unpaired) electrons. The molecule has 82 valence electrons. The van der Waals surface area contributed by atoms with Gasteiger partial charge in [0.15, 0.2) is 0 Å². The highest BCUT2D eigenvalue weighted by Gasteiger charge is 2.55. The quantitative estimate of drug-likeness (QED) is 0.552. The Hall–Kier alpha value is 0. The molecular formula is C14H26. The zero-order valence-electron chi connectivity index (χ0n) is 10.0. The molecule has 0 heteroatoms. The van der Waals surface area contributed by atoms with E-state index < -0.39 is 0 Å². The molecule has 0 aliphatic heterocycles. The molecule has 0 amide bonds. The van der Waals surface area contributed by atoms with Gasteiger partial charge in [-0.25, -0.2) is 0 Å². The standard InChI is InChI=1S/C14H26/c1-3-5-6-7-12-8-9-14(10-12)11-13(14)4-2/h12-13H,3-11H2,1-2H3. The average molecular weight is 194 g/mol. The van der Waals surface area contributed by atoms with Gasteiger partial charge in [0, 0.05) is 0 Å². The first kappa shape index (κ1) is 10.5. The summed E-state index contributed by atoms with van der Waals surface area (Å²) in [5, 5.41) is 0. The summed E-state index contributed by atoms with van der Waals surface area (Å²) in [5.74, 6) is 2.23. The molecule has 1 spiro atoms. The average Bonchev–Trinajstić information content (AvgIpc) is 2.71. The van der Waals surface area contributed by atoms with Crippen LogP contribution in [-0.4, -0.2) is 0 Å². The van der Waals surface area contributed by atoms with E-state index in [9.17, 15) is 0 Å². The molecular weight excluding hydrogens is 168 g/mol. The van der Waals surface area contributed by atoms with Gasteiger partial charge in [-0.3, -0.25) is 0 Å². The molecule has 0 saturated heterocycles. The number of hydrogen-bond acceptors (Lipinski definition) is 0. The van der Waals surface area contributed by atoms with Crippen molar-refractivity contribution in [3.05, 3.63) is 0 Å². The van der Waals surface area contributed by atoms with Crippen molar-refractivity contribution in [2.75, 3.05) is 0 Å². The van der Waals surface area contributed by atoms with Crippen molar-refractivity contribution in [2.24, 2.45) is 17.3 Å². The van der Waals surface area contributed by atoms with E-state index in [-0.39, 0.29) is 0 Å². The van der Waals surface area contributed by atoms with Crippen LogP contribution in [0.3, 0.4) is 0 Å². The molecule has 2 aliphatic carbocycles. The molecule has 2 rings (SSSR count). The third-order valence-corrected chi connectivity index (χ3v) is 4.81. The van der Waals surface area contributed by atoms with E-state index in [1.165, 1.54) is 32.1 Å². The largest absolute Gasteiger partial charge is 0.0654 e. The SMILES string of the molecule is CCCCCC1CCC2(C1)CC2CC. The minimum Gasteiger partial charge on any atom is -0.0654 e. The number of hydrogen-bond donors (Lipinski definition) is 0. The van der Waals surface area contributed by atoms with Gasteiger partial charge in [0.05, 0.1) is 0 Å². The van der Waals surface area contributed by atoms with Crippen LogP contribution in [0, 0.1) is 17.3 Å². The zero-order valence-corrected chi connectivity index (χ0v) is 10.0. The second-order valence-corrected chi connectivity index (χ2v) is 5.78. The summed E-state index contributed by atoms with van der Waals surface area (Å²) in [4.78, 5) is 0. The van der Waals surface area contributed by atoms with E-state index in [1.807, 2.05) is 0 Å². The third-order valence-electron chi connectivity index (χ3n) is 4.81. The molecule has 2 fully saturated rings. The molecule has 3 atom stereocenters. The van der Waals surface area contributed by atoms with Gasteiger partial charge in [-0.15, -0.1) is 0 Å². The van der Waals surface area contributed by atoms with Gasteiger partial charge >= 0.3 is 0 Å². The summed E-state index contributed by atoms with van der Waals surface area (Å²) in [6, 6.07) is 0. The summed E-state index contributed by atoms with van der Waals surface area (Å²) in [6.07, 6.45) is 13.6. The van der Waals surface area contributed by atoms with Crippen molar-refractivity contribution < 1.29 is 0 Å². The first-order valence-corrected chi connectivity index (χ1v) is 6.80. The highest BCUT2D eigenvalue weighted by Crippen LogP contribution is 2.65. The van der Waals surface area contributed by atoms with Gasteiger partial charge in [-0.1, -0.05) is 46.0 Å². The van der Waals surface area contributed by atoms with Gasteiger partial charge in [0.25, 0.3) is 0 Å². The van der Waals surface area contributed by atoms with E-state index in [4.69, 9.17) is 0 Å². The Morgan fingerprint density at radius 3 is 2.64 bits per heavy atom. The molecule has 0 bridgehead atoms. The molecule has 0 N–H and O–H groups in total. The summed E-state index contributed by atoms with van der Waals surface area (Å²) in [7, 11) is 0. The van der Waals surface area contributed by atoms with Crippen LogP contribution in [0.5, 0.6) is 0 Å². The molecule has 2 aliphatic rings. The lowest BCUT2D eigenvalue weighted by molar-refractivity contribution is 0.409. The zero-order chi connectivity index (χ0) is 10.0. The summed E-state index contributed by atoms with van der Waals surface area (Å²) < 4.78 is 0. The molecule has 0 heterocycles. The highest BCUT2D eigenvalue weighted by molar-refractivity contribution is 5.05. The summed E-state index contributed by atoms with van der Waals surface area (Å²) in [5.41, 5.74) is 0.881. The summed E-state index contributed by atoms with van der Waals surface area (Å²) in [6.45, 7) is 4.69. The fourth-order valence-electron chi connectivity index (χ4n) is 3.77. The maximum Gasteiger partial charge on any atom is -0.0263 e. The lowest BCUT2D eigenvalue weighted by Crippen LogP contribution is -1.99. The van der Waals surface area contributed by atoms with Crippen molar-refractivity contribution >= 4 is 0 Å². The van der Waals surface area contributed by atoms with Gasteiger partial charge in [0.2, 0.25) is 0 Å². The Bertz CT molecular complexity index is 184. The predicted octanol–water partition coefficient (Wildman–Crippen LogP) is 4.78. The number of unbranched alkanes of at least 4 members (excludes halogenated alkanes) is 2. The first-order valence-electron chi connectivity index (χ1n) is 6.80. The highest BCUT2D eigenvalue weighted by atomic mass is 14.6. The minimum atomic E-state index is 0.881. The fourth-order valence-corrected chi connectivity index (χ4v) is 3.77. The van der Waals surface area contributed by atoms with Crippen LogP contribution in [0.1, 0.15) is 71.6 Å². The summed E-state index contributed by atoms with van der Waals surface area (Å²) >= 11 is 0. The van der Waals surface area contributed by atoms with Crippen LogP contribution >= 0.6 is 0 Å². The Morgan fingerprint density at radius 1 is 1.14 bits per heavy atom. The topological polar surface area (TPSA) is 0 Å². The van der Waals surface area contributed by atoms with Crippen molar-refractivity contribution in [2.45, 2.75) is 71.6 Å². The van der Waals surface area contributed by atoms with Gasteiger partial charge in [-0.05, 0) is 42.9 Å². The number of rotatable bonds is 5. The molecule has 2 saturated carbocycles. The lowest BCUT2D eigenvalue weighted by atomic mass is 9.95. The van der Waals surface area contributed by atoms with Crippen LogP contribution in [-0.2, 0) is 0 Å². The van der Waals surface area contributed by atoms with Crippen molar-refractivity contribution in [1.29, 1.82) is 0 Å². The first-order chi connectivity index (χ1) is 6.80. The third kappa shape index (κ3) is 1.99. The molecule has 0 nitrogen and oxygen atoms in total. The van der Waals surface area contributed by atoms with E-state index >= 15 is 0 Å². The smallest absolute Gasteiger partial charge is 0.0263 e. The second-order valence-electron chi connectivity index (χ2n) is 5.78. The maximum atomic E-state index is 2.38. The molecule has 14 heavy (non-hydrogen) atoms. The predicted molar refractivity (Wildman–Crippen MR) is 62.3 cm³/mol. The van der Waals surface area contributed by atoms with Crippen LogP contribution in [0.25, 0.3) is 0 Å². The van der Waals surface area contributed by atoms with Gasteiger partial charge < -0.3 is 0 Å². The van der Waals surface area contributed by atoms with E-state index in [0.717, 1.165) is 17.3 Å².